The third-order valence-electron chi connectivity index (χ3n) is 4.67. The van der Waals surface area contributed by atoms with Crippen molar-refractivity contribution in [1.29, 1.82) is 0 Å². The summed E-state index contributed by atoms with van der Waals surface area (Å²) in [5.41, 5.74) is -0.552. The van der Waals surface area contributed by atoms with Crippen LogP contribution in [0.2, 0.25) is 0 Å². The van der Waals surface area contributed by atoms with Crippen LogP contribution >= 0.6 is 0 Å². The molecule has 1 aromatic rings. The lowest BCUT2D eigenvalue weighted by atomic mass is 10.1. The zero-order chi connectivity index (χ0) is 17.3. The standard InChI is InChI=1S/C17H23FN4O2/c1-11(2)14-13(18)15(23)20-17(19-14)22-9-7-21(8-10-22)16(24)12-5-3-4-6-12/h3-4,11-12H,5-10H2,1-2H3,(H,19,20,23). The van der Waals surface area contributed by atoms with Crippen molar-refractivity contribution in [3.05, 3.63) is 34.0 Å². The minimum absolute atomic E-state index is 0.0767. The zero-order valence-electron chi connectivity index (χ0n) is 14.1. The van der Waals surface area contributed by atoms with Gasteiger partial charge in [-0.3, -0.25) is 14.6 Å². The van der Waals surface area contributed by atoms with E-state index in [9.17, 15) is 14.0 Å². The number of aromatic amines is 1. The van der Waals surface area contributed by atoms with Crippen LogP contribution in [0.15, 0.2) is 16.9 Å². The topological polar surface area (TPSA) is 69.3 Å². The average molecular weight is 334 g/mol. The number of halogens is 1. The first-order chi connectivity index (χ1) is 11.5. The lowest BCUT2D eigenvalue weighted by Crippen LogP contribution is -2.51. The predicted molar refractivity (Wildman–Crippen MR) is 89.6 cm³/mol. The molecular formula is C17H23FN4O2. The van der Waals surface area contributed by atoms with Gasteiger partial charge < -0.3 is 9.80 Å². The van der Waals surface area contributed by atoms with Gasteiger partial charge in [-0.15, -0.1) is 0 Å². The van der Waals surface area contributed by atoms with Crippen LogP contribution in [0.1, 0.15) is 38.3 Å². The maximum Gasteiger partial charge on any atom is 0.288 e. The molecule has 1 aromatic heterocycles. The molecule has 0 saturated carbocycles. The number of H-pyrrole nitrogens is 1. The number of carbonyl (C=O) groups is 1. The van der Waals surface area contributed by atoms with Gasteiger partial charge in [0.2, 0.25) is 17.7 Å². The first-order valence-corrected chi connectivity index (χ1v) is 8.45. The van der Waals surface area contributed by atoms with Crippen LogP contribution in [0.4, 0.5) is 10.3 Å². The Morgan fingerprint density at radius 3 is 2.46 bits per heavy atom. The van der Waals surface area contributed by atoms with Gasteiger partial charge in [-0.2, -0.15) is 4.39 Å². The highest BCUT2D eigenvalue weighted by molar-refractivity contribution is 5.80. The van der Waals surface area contributed by atoms with Gasteiger partial charge in [-0.1, -0.05) is 26.0 Å². The molecule has 0 atom stereocenters. The molecule has 1 amide bonds. The van der Waals surface area contributed by atoms with Crippen LogP contribution in [0.5, 0.6) is 0 Å². The van der Waals surface area contributed by atoms with Crippen molar-refractivity contribution in [3.8, 4) is 0 Å². The molecule has 24 heavy (non-hydrogen) atoms. The molecule has 0 spiro atoms. The molecule has 1 aliphatic carbocycles. The number of anilines is 1. The number of hydrogen-bond acceptors (Lipinski definition) is 4. The summed E-state index contributed by atoms with van der Waals surface area (Å²) in [5, 5.41) is 0. The van der Waals surface area contributed by atoms with Crippen molar-refractivity contribution in [3.63, 3.8) is 0 Å². The SMILES string of the molecule is CC(C)c1nc(N2CCN(C(=O)C3CC=CC3)CC2)[nH]c(=O)c1F. The molecule has 1 N–H and O–H groups in total. The summed E-state index contributed by atoms with van der Waals surface area (Å²) in [4.78, 5) is 34.8. The van der Waals surface area contributed by atoms with E-state index in [1.165, 1.54) is 0 Å². The summed E-state index contributed by atoms with van der Waals surface area (Å²) in [6.07, 6.45) is 5.76. The summed E-state index contributed by atoms with van der Waals surface area (Å²) >= 11 is 0. The lowest BCUT2D eigenvalue weighted by molar-refractivity contribution is -0.135. The molecule has 0 unspecified atom stereocenters. The molecule has 1 aliphatic heterocycles. The van der Waals surface area contributed by atoms with Crippen LogP contribution in [-0.4, -0.2) is 47.0 Å². The second-order valence-electron chi connectivity index (χ2n) is 6.70. The molecule has 130 valence electrons. The van der Waals surface area contributed by atoms with E-state index < -0.39 is 11.4 Å². The van der Waals surface area contributed by atoms with Crippen molar-refractivity contribution < 1.29 is 9.18 Å². The Kier molecular flexibility index (Phi) is 4.69. The summed E-state index contributed by atoms with van der Waals surface area (Å²) in [5.74, 6) is -0.310. The number of piperazine rings is 1. The molecule has 3 rings (SSSR count). The Morgan fingerprint density at radius 2 is 1.88 bits per heavy atom. The van der Waals surface area contributed by atoms with Crippen LogP contribution in [0, 0.1) is 11.7 Å². The first-order valence-electron chi connectivity index (χ1n) is 8.45. The average Bonchev–Trinajstić information content (AvgIpc) is 3.11. The highest BCUT2D eigenvalue weighted by atomic mass is 19.1. The first kappa shape index (κ1) is 16.7. The van der Waals surface area contributed by atoms with Crippen molar-refractivity contribution in [2.45, 2.75) is 32.6 Å². The van der Waals surface area contributed by atoms with E-state index in [4.69, 9.17) is 0 Å². The molecule has 1 fully saturated rings. The van der Waals surface area contributed by atoms with Gasteiger partial charge in [0.1, 0.15) is 0 Å². The van der Waals surface area contributed by atoms with Crippen molar-refractivity contribution in [2.75, 3.05) is 31.1 Å². The molecule has 6 nitrogen and oxygen atoms in total. The summed E-state index contributed by atoms with van der Waals surface area (Å²) < 4.78 is 13.9. The minimum atomic E-state index is -0.809. The highest BCUT2D eigenvalue weighted by Crippen LogP contribution is 2.22. The Labute approximate surface area is 140 Å². The quantitative estimate of drug-likeness (QED) is 0.854. The third-order valence-corrected chi connectivity index (χ3v) is 4.67. The van der Waals surface area contributed by atoms with Gasteiger partial charge >= 0.3 is 0 Å². The number of hydrogen-bond donors (Lipinski definition) is 1. The van der Waals surface area contributed by atoms with Gasteiger partial charge in [-0.05, 0) is 18.8 Å². The fourth-order valence-corrected chi connectivity index (χ4v) is 3.21. The van der Waals surface area contributed by atoms with E-state index in [1.54, 1.807) is 13.8 Å². The zero-order valence-corrected chi connectivity index (χ0v) is 14.1. The Hall–Kier alpha value is -2.18. The largest absolute Gasteiger partial charge is 0.339 e. The summed E-state index contributed by atoms with van der Waals surface area (Å²) in [6.45, 7) is 5.96. The van der Waals surface area contributed by atoms with Gasteiger partial charge in [0.15, 0.2) is 0 Å². The second-order valence-corrected chi connectivity index (χ2v) is 6.70. The van der Waals surface area contributed by atoms with Crippen molar-refractivity contribution in [2.24, 2.45) is 5.92 Å². The number of nitrogens with one attached hydrogen (secondary N) is 1. The van der Waals surface area contributed by atoms with Gasteiger partial charge in [0.25, 0.3) is 5.56 Å². The van der Waals surface area contributed by atoms with E-state index in [0.717, 1.165) is 12.8 Å². The van der Waals surface area contributed by atoms with Crippen molar-refractivity contribution >= 4 is 11.9 Å². The third kappa shape index (κ3) is 3.20. The molecular weight excluding hydrogens is 311 g/mol. The summed E-state index contributed by atoms with van der Waals surface area (Å²) in [7, 11) is 0. The molecule has 1 saturated heterocycles. The lowest BCUT2D eigenvalue weighted by Gasteiger charge is -2.36. The molecule has 0 aromatic carbocycles. The Morgan fingerprint density at radius 1 is 1.25 bits per heavy atom. The number of carbonyl (C=O) groups excluding carboxylic acids is 1. The number of allylic oxidation sites excluding steroid dienone is 2. The van der Waals surface area contributed by atoms with E-state index in [1.807, 2.05) is 9.80 Å². The van der Waals surface area contributed by atoms with Crippen LogP contribution in [0.25, 0.3) is 0 Å². The van der Waals surface area contributed by atoms with E-state index in [2.05, 4.69) is 22.1 Å². The van der Waals surface area contributed by atoms with Gasteiger partial charge in [0.05, 0.1) is 5.69 Å². The van der Waals surface area contributed by atoms with Crippen LogP contribution in [0.3, 0.4) is 0 Å². The number of aromatic nitrogens is 2. The summed E-state index contributed by atoms with van der Waals surface area (Å²) in [6, 6.07) is 0. The van der Waals surface area contributed by atoms with Gasteiger partial charge in [-0.25, -0.2) is 4.98 Å². The highest BCUT2D eigenvalue weighted by Gasteiger charge is 2.28. The Balaban J connectivity index is 1.68. The molecule has 0 radical (unpaired) electrons. The van der Waals surface area contributed by atoms with Gasteiger partial charge in [0, 0.05) is 32.1 Å². The van der Waals surface area contributed by atoms with Crippen LogP contribution in [-0.2, 0) is 4.79 Å². The molecule has 7 heteroatoms. The number of nitrogens with zero attached hydrogens (tertiary/aromatic N) is 3. The molecule has 2 aliphatic rings. The van der Waals surface area contributed by atoms with E-state index in [0.29, 0.717) is 32.1 Å². The second kappa shape index (κ2) is 6.75. The molecule has 2 heterocycles. The normalized spacial score (nSPS) is 18.7. The fraction of sp³-hybridized carbons (Fsp3) is 0.588. The monoisotopic (exact) mass is 334 g/mol. The predicted octanol–water partition coefficient (Wildman–Crippen LogP) is 1.65. The van der Waals surface area contributed by atoms with E-state index in [-0.39, 0.29) is 23.4 Å². The number of rotatable bonds is 3. The van der Waals surface area contributed by atoms with Crippen LogP contribution < -0.4 is 10.5 Å². The fourth-order valence-electron chi connectivity index (χ4n) is 3.21. The maximum absolute atomic E-state index is 13.9. The Bertz CT molecular complexity index is 697. The number of amides is 1. The molecule has 0 bridgehead atoms. The van der Waals surface area contributed by atoms with E-state index >= 15 is 0 Å². The van der Waals surface area contributed by atoms with Crippen molar-refractivity contribution in [1.82, 2.24) is 14.9 Å². The maximum atomic E-state index is 13.9. The minimum Gasteiger partial charge on any atom is -0.339 e. The smallest absolute Gasteiger partial charge is 0.288 e.